The summed E-state index contributed by atoms with van der Waals surface area (Å²) in [6.07, 6.45) is 5.54. The molecule has 2 aromatic rings. The van der Waals surface area contributed by atoms with E-state index in [-0.39, 0.29) is 18.7 Å². The van der Waals surface area contributed by atoms with Gasteiger partial charge in [0.25, 0.3) is 5.91 Å². The van der Waals surface area contributed by atoms with Gasteiger partial charge in [-0.15, -0.1) is 6.58 Å². The van der Waals surface area contributed by atoms with E-state index in [1.165, 1.54) is 23.3 Å². The lowest BCUT2D eigenvalue weighted by Gasteiger charge is -2.21. The van der Waals surface area contributed by atoms with E-state index in [2.05, 4.69) is 22.5 Å². The Morgan fingerprint density at radius 1 is 1.40 bits per heavy atom. The molecule has 6 heteroatoms. The van der Waals surface area contributed by atoms with Gasteiger partial charge in [-0.05, 0) is 42.5 Å². The maximum atomic E-state index is 12.8. The molecule has 0 saturated heterocycles. The molecule has 1 amide bonds. The van der Waals surface area contributed by atoms with Crippen molar-refractivity contribution in [3.63, 3.8) is 0 Å². The predicted molar refractivity (Wildman–Crippen MR) is 98.0 cm³/mol. The van der Waals surface area contributed by atoms with Crippen molar-refractivity contribution >= 4 is 39.4 Å². The van der Waals surface area contributed by atoms with Gasteiger partial charge < -0.3 is 14.4 Å². The van der Waals surface area contributed by atoms with Gasteiger partial charge in [-0.3, -0.25) is 9.59 Å². The van der Waals surface area contributed by atoms with Crippen LogP contribution in [0.25, 0.3) is 6.08 Å². The SMILES string of the molecule is C=CCN1C(=O)[C@](O)(CC(=O)/C=C\c2ccco2)c2cc(Br)ccc21. The number of carbonyl (C=O) groups is 2. The second kappa shape index (κ2) is 6.82. The summed E-state index contributed by atoms with van der Waals surface area (Å²) in [4.78, 5) is 26.5. The van der Waals surface area contributed by atoms with Gasteiger partial charge in [0.1, 0.15) is 5.76 Å². The molecule has 3 rings (SSSR count). The molecule has 0 radical (unpaired) electrons. The average Bonchev–Trinajstić information content (AvgIpc) is 3.16. The standard InChI is InChI=1S/C19H16BrNO4/c1-2-9-21-17-8-5-13(20)11-16(17)19(24,18(21)23)12-14(22)6-7-15-4-3-10-25-15/h2-8,10-11,24H,1,9,12H2/b7-6-/t19-/m0/s1. The highest BCUT2D eigenvalue weighted by Crippen LogP contribution is 2.43. The van der Waals surface area contributed by atoms with Crippen LogP contribution >= 0.6 is 15.9 Å². The Balaban J connectivity index is 1.91. The highest BCUT2D eigenvalue weighted by Gasteiger charge is 2.50. The van der Waals surface area contributed by atoms with E-state index in [9.17, 15) is 14.7 Å². The Morgan fingerprint density at radius 2 is 2.20 bits per heavy atom. The highest BCUT2D eigenvalue weighted by atomic mass is 79.9. The van der Waals surface area contributed by atoms with Crippen molar-refractivity contribution in [3.05, 3.63) is 71.1 Å². The van der Waals surface area contributed by atoms with Gasteiger partial charge in [-0.2, -0.15) is 0 Å². The maximum absolute atomic E-state index is 12.8. The monoisotopic (exact) mass is 401 g/mol. The van der Waals surface area contributed by atoms with E-state index in [4.69, 9.17) is 4.42 Å². The topological polar surface area (TPSA) is 70.8 Å². The van der Waals surface area contributed by atoms with Crippen LogP contribution < -0.4 is 4.90 Å². The van der Waals surface area contributed by atoms with Crippen LogP contribution in [0.4, 0.5) is 5.69 Å². The Kier molecular flexibility index (Phi) is 4.74. The number of hydrogen-bond donors (Lipinski definition) is 1. The third-order valence-corrected chi connectivity index (χ3v) is 4.51. The summed E-state index contributed by atoms with van der Waals surface area (Å²) in [5, 5.41) is 11.0. The minimum absolute atomic E-state index is 0.256. The molecular weight excluding hydrogens is 386 g/mol. The largest absolute Gasteiger partial charge is 0.465 e. The number of furan rings is 1. The van der Waals surface area contributed by atoms with E-state index in [1.807, 2.05) is 0 Å². The summed E-state index contributed by atoms with van der Waals surface area (Å²) in [5.41, 5.74) is -0.904. The van der Waals surface area contributed by atoms with Crippen molar-refractivity contribution in [3.8, 4) is 0 Å². The average molecular weight is 402 g/mol. The summed E-state index contributed by atoms with van der Waals surface area (Å²) in [5.74, 6) is -0.381. The number of nitrogens with zero attached hydrogens (tertiary/aromatic N) is 1. The normalized spacial score (nSPS) is 19.4. The summed E-state index contributed by atoms with van der Waals surface area (Å²) >= 11 is 3.35. The van der Waals surface area contributed by atoms with Crippen LogP contribution in [-0.2, 0) is 15.2 Å². The zero-order valence-electron chi connectivity index (χ0n) is 13.3. The fourth-order valence-electron chi connectivity index (χ4n) is 2.88. The Morgan fingerprint density at radius 3 is 2.88 bits per heavy atom. The van der Waals surface area contributed by atoms with Gasteiger partial charge in [-0.25, -0.2) is 0 Å². The summed E-state index contributed by atoms with van der Waals surface area (Å²) in [6.45, 7) is 3.90. The number of aliphatic hydroxyl groups is 1. The Hall–Kier alpha value is -2.44. The van der Waals surface area contributed by atoms with E-state index >= 15 is 0 Å². The molecule has 1 aromatic heterocycles. The van der Waals surface area contributed by atoms with Crippen molar-refractivity contribution in [1.82, 2.24) is 0 Å². The first-order chi connectivity index (χ1) is 12.0. The third kappa shape index (κ3) is 3.23. The van der Waals surface area contributed by atoms with Gasteiger partial charge in [0.05, 0.1) is 18.4 Å². The summed E-state index contributed by atoms with van der Waals surface area (Å²) in [6, 6.07) is 8.60. The summed E-state index contributed by atoms with van der Waals surface area (Å²) in [7, 11) is 0. The molecule has 2 heterocycles. The van der Waals surface area contributed by atoms with Crippen molar-refractivity contribution in [2.75, 3.05) is 11.4 Å². The minimum atomic E-state index is -1.90. The predicted octanol–water partition coefficient (Wildman–Crippen LogP) is 3.43. The third-order valence-electron chi connectivity index (χ3n) is 4.01. The lowest BCUT2D eigenvalue weighted by molar-refractivity contribution is -0.140. The lowest BCUT2D eigenvalue weighted by atomic mass is 9.90. The van der Waals surface area contributed by atoms with E-state index in [1.54, 1.807) is 36.4 Å². The zero-order chi connectivity index (χ0) is 18.0. The molecule has 1 aliphatic rings. The molecule has 128 valence electrons. The molecule has 25 heavy (non-hydrogen) atoms. The number of carbonyl (C=O) groups excluding carboxylic acids is 2. The number of benzene rings is 1. The summed E-state index contributed by atoms with van der Waals surface area (Å²) < 4.78 is 5.85. The van der Waals surface area contributed by atoms with Gasteiger partial charge >= 0.3 is 0 Å². The molecule has 0 bridgehead atoms. The molecule has 5 nitrogen and oxygen atoms in total. The molecule has 0 unspecified atom stereocenters. The van der Waals surface area contributed by atoms with Gasteiger partial charge in [0.15, 0.2) is 11.4 Å². The van der Waals surface area contributed by atoms with Crippen LogP contribution in [0.3, 0.4) is 0 Å². The number of halogens is 1. The quantitative estimate of drug-likeness (QED) is 0.594. The second-order valence-electron chi connectivity index (χ2n) is 5.72. The molecule has 0 aliphatic carbocycles. The lowest BCUT2D eigenvalue weighted by Crippen LogP contribution is -2.41. The van der Waals surface area contributed by atoms with Crippen molar-refractivity contribution in [1.29, 1.82) is 0 Å². The number of anilines is 1. The number of amides is 1. The first-order valence-electron chi connectivity index (χ1n) is 7.65. The molecule has 0 spiro atoms. The highest BCUT2D eigenvalue weighted by molar-refractivity contribution is 9.10. The van der Waals surface area contributed by atoms with Crippen LogP contribution in [0, 0.1) is 0 Å². The molecule has 0 fully saturated rings. The van der Waals surface area contributed by atoms with Crippen LogP contribution in [0.5, 0.6) is 0 Å². The van der Waals surface area contributed by atoms with Crippen LogP contribution in [0.2, 0.25) is 0 Å². The molecule has 1 aromatic carbocycles. The van der Waals surface area contributed by atoms with Gasteiger partial charge in [0, 0.05) is 16.6 Å². The van der Waals surface area contributed by atoms with Gasteiger partial charge in [0.2, 0.25) is 0 Å². The van der Waals surface area contributed by atoms with E-state index in [0.29, 0.717) is 17.0 Å². The van der Waals surface area contributed by atoms with Gasteiger partial charge in [-0.1, -0.05) is 22.0 Å². The van der Waals surface area contributed by atoms with E-state index in [0.717, 1.165) is 4.47 Å². The first-order valence-corrected chi connectivity index (χ1v) is 8.44. The fraction of sp³-hybridized carbons (Fsp3) is 0.158. The first kappa shape index (κ1) is 17.4. The number of allylic oxidation sites excluding steroid dienone is 1. The number of ketones is 1. The van der Waals surface area contributed by atoms with Crippen LogP contribution in [0.1, 0.15) is 17.7 Å². The fourth-order valence-corrected chi connectivity index (χ4v) is 3.24. The molecule has 1 atom stereocenters. The number of fused-ring (bicyclic) bond motifs is 1. The minimum Gasteiger partial charge on any atom is -0.465 e. The van der Waals surface area contributed by atoms with Crippen LogP contribution in [-0.4, -0.2) is 23.3 Å². The smallest absolute Gasteiger partial charge is 0.264 e. The molecule has 1 N–H and O–H groups in total. The molecule has 1 aliphatic heterocycles. The van der Waals surface area contributed by atoms with Crippen LogP contribution in [0.15, 0.2) is 64.2 Å². The zero-order valence-corrected chi connectivity index (χ0v) is 14.9. The Bertz CT molecular complexity index is 856. The van der Waals surface area contributed by atoms with E-state index < -0.39 is 11.5 Å². The van der Waals surface area contributed by atoms with Crippen molar-refractivity contribution in [2.45, 2.75) is 12.0 Å². The number of hydrogen-bond acceptors (Lipinski definition) is 4. The maximum Gasteiger partial charge on any atom is 0.264 e. The molecular formula is C19H16BrNO4. The second-order valence-corrected chi connectivity index (χ2v) is 6.63. The Labute approximate surface area is 153 Å². The number of rotatable bonds is 6. The van der Waals surface area contributed by atoms with Crippen molar-refractivity contribution < 1.29 is 19.1 Å². The van der Waals surface area contributed by atoms with Crippen molar-refractivity contribution in [2.24, 2.45) is 0 Å². The molecule has 0 saturated carbocycles.